The minimum Gasteiger partial charge on any atom is -0.480 e. The molecule has 0 aliphatic heterocycles. The van der Waals surface area contributed by atoms with Gasteiger partial charge in [0.05, 0.1) is 41.2 Å². The number of aliphatic carboxylic acids is 1. The number of carboxylic acid groups (broad SMARTS) is 2. The van der Waals surface area contributed by atoms with Gasteiger partial charge in [-0.15, -0.1) is 0 Å². The van der Waals surface area contributed by atoms with Gasteiger partial charge in [-0.1, -0.05) is 23.2 Å². The number of benzene rings is 3. The second-order valence-corrected chi connectivity index (χ2v) is 12.9. The van der Waals surface area contributed by atoms with Crippen molar-refractivity contribution >= 4 is 71.8 Å². The van der Waals surface area contributed by atoms with Crippen molar-refractivity contribution in [1.29, 1.82) is 0 Å². The quantitative estimate of drug-likeness (QED) is 0.0288. The lowest BCUT2D eigenvalue weighted by Gasteiger charge is -2.09. The van der Waals surface area contributed by atoms with E-state index in [2.05, 4.69) is 30.9 Å². The molecule has 0 radical (unpaired) electrons. The number of nitro groups is 1. The van der Waals surface area contributed by atoms with Gasteiger partial charge in [-0.2, -0.15) is 5.10 Å². The summed E-state index contributed by atoms with van der Waals surface area (Å²) in [5, 5.41) is 36.7. The van der Waals surface area contributed by atoms with Gasteiger partial charge >= 0.3 is 31.5 Å². The van der Waals surface area contributed by atoms with Gasteiger partial charge in [0.25, 0.3) is 5.69 Å². The van der Waals surface area contributed by atoms with Crippen molar-refractivity contribution in [2.45, 2.75) is 6.92 Å². The molecule has 0 spiro atoms. The minimum atomic E-state index is -4.10. The van der Waals surface area contributed by atoms with Crippen molar-refractivity contribution in [2.75, 3.05) is 25.3 Å². The van der Waals surface area contributed by atoms with Gasteiger partial charge in [0.1, 0.15) is 34.4 Å². The Morgan fingerprint density at radius 2 is 1.64 bits per heavy atom. The Morgan fingerprint density at radius 3 is 2.20 bits per heavy atom. The number of halogens is 4. The number of amides is 2. The molecule has 4 rings (SSSR count). The number of aromatic carboxylic acids is 1. The van der Waals surface area contributed by atoms with Gasteiger partial charge in [-0.3, -0.25) is 29.8 Å². The number of rotatable bonds is 12. The number of hydrogen-bond donors (Lipinski definition) is 7. The van der Waals surface area contributed by atoms with Crippen LogP contribution < -0.4 is 20.8 Å². The summed E-state index contributed by atoms with van der Waals surface area (Å²) in [5.41, 5.74) is 1.57. The van der Waals surface area contributed by atoms with Crippen LogP contribution in [0.15, 0.2) is 78.0 Å². The third-order valence-corrected chi connectivity index (χ3v) is 7.28. The summed E-state index contributed by atoms with van der Waals surface area (Å²) in [4.78, 5) is 74.7. The average molecular weight is 845 g/mol. The van der Waals surface area contributed by atoms with Crippen LogP contribution in [0.1, 0.15) is 33.3 Å². The summed E-state index contributed by atoms with van der Waals surface area (Å²) in [7, 11) is -2.96. The molecule has 0 aliphatic rings. The number of hydrazone groups is 1. The van der Waals surface area contributed by atoms with Gasteiger partial charge in [0, 0.05) is 35.1 Å². The van der Waals surface area contributed by atoms with Gasteiger partial charge in [-0.05, 0) is 55.5 Å². The Morgan fingerprint density at radius 1 is 0.982 bits per heavy atom. The standard InChI is InChI=1S/C15H12F2N4O3.C14H9Cl2NO5.C3H8NO5P/c1-8(13-12(14(22)23)3-2-4-18-13)20-21-15(24)19-11-6-9(16)5-10(17)7-11;1-21-14(18)10-7-9(3-4-12(10)17(19)20)22-13-5-2-8(15)6-11(13)16;5-3(6)1-4-2-10(7,8)9/h2-7H,1H3,(H,22,23)(H2,19,21,24);2-7H,1H3;4H,1-2H2,(H,5,6)(H2,7,8,9)/b20-8+;;. The Hall–Kier alpha value is -6.09. The molecule has 0 atom stereocenters. The molecule has 56 heavy (non-hydrogen) atoms. The average Bonchev–Trinajstić information content (AvgIpc) is 3.10. The molecule has 19 nitrogen and oxygen atoms in total. The number of carbonyl (C=O) groups is 4. The number of hydrogen-bond acceptors (Lipinski definition) is 12. The van der Waals surface area contributed by atoms with Gasteiger partial charge in [0.2, 0.25) is 0 Å². The first-order valence-electron chi connectivity index (χ1n) is 14.9. The van der Waals surface area contributed by atoms with E-state index in [4.69, 9.17) is 47.9 Å². The smallest absolute Gasteiger partial charge is 0.345 e. The van der Waals surface area contributed by atoms with E-state index in [1.54, 1.807) is 12.1 Å². The number of nitrogens with one attached hydrogen (secondary N) is 3. The molecule has 1 aromatic heterocycles. The van der Waals surface area contributed by atoms with Gasteiger partial charge in [-0.25, -0.2) is 28.6 Å². The van der Waals surface area contributed by atoms with Crippen molar-refractivity contribution in [3.63, 3.8) is 0 Å². The fraction of sp³-hybridized carbons (Fsp3) is 0.125. The van der Waals surface area contributed by atoms with E-state index >= 15 is 0 Å². The Bertz CT molecular complexity index is 2160. The highest BCUT2D eigenvalue weighted by Gasteiger charge is 2.22. The topological polar surface area (TPSA) is 289 Å². The first kappa shape index (κ1) is 46.1. The molecule has 0 aliphatic carbocycles. The van der Waals surface area contributed by atoms with E-state index in [1.807, 2.05) is 0 Å². The number of anilines is 1. The number of esters is 1. The highest BCUT2D eigenvalue weighted by Crippen LogP contribution is 2.34. The molecule has 24 heteroatoms. The lowest BCUT2D eigenvalue weighted by atomic mass is 10.1. The number of methoxy groups -OCH3 is 1. The van der Waals surface area contributed by atoms with Crippen LogP contribution in [0.3, 0.4) is 0 Å². The number of aromatic nitrogens is 1. The molecular weight excluding hydrogens is 816 g/mol. The van der Waals surface area contributed by atoms with E-state index in [0.717, 1.165) is 25.3 Å². The summed E-state index contributed by atoms with van der Waals surface area (Å²) in [5.74, 6) is -4.35. The van der Waals surface area contributed by atoms with Crippen LogP contribution in [0.25, 0.3) is 0 Å². The van der Waals surface area contributed by atoms with Crippen molar-refractivity contribution in [2.24, 2.45) is 5.10 Å². The molecule has 3 aromatic carbocycles. The Kier molecular flexibility index (Phi) is 17.9. The summed E-state index contributed by atoms with van der Waals surface area (Å²) in [6.45, 7) is 1.02. The normalized spacial score (nSPS) is 10.8. The van der Waals surface area contributed by atoms with Crippen molar-refractivity contribution in [1.82, 2.24) is 15.7 Å². The molecule has 7 N–H and O–H groups in total. The Balaban J connectivity index is 0.000000314. The predicted octanol–water partition coefficient (Wildman–Crippen LogP) is 5.88. The third-order valence-electron chi connectivity index (χ3n) is 6.11. The highest BCUT2D eigenvalue weighted by atomic mass is 35.5. The second-order valence-electron chi connectivity index (χ2n) is 10.4. The maximum absolute atomic E-state index is 13.0. The molecule has 0 fully saturated rings. The fourth-order valence-electron chi connectivity index (χ4n) is 3.84. The van der Waals surface area contributed by atoms with Crippen LogP contribution >= 0.6 is 30.8 Å². The summed E-state index contributed by atoms with van der Waals surface area (Å²) >= 11 is 11.8. The van der Waals surface area contributed by atoms with Crippen molar-refractivity contribution < 1.29 is 66.9 Å². The number of nitro benzene ring substituents is 1. The zero-order valence-corrected chi connectivity index (χ0v) is 31.0. The van der Waals surface area contributed by atoms with Crippen LogP contribution in [-0.2, 0) is 14.1 Å². The van der Waals surface area contributed by atoms with Crippen LogP contribution in [0.2, 0.25) is 10.0 Å². The SMILES string of the molecule is C/C(=N\NC(=O)Nc1cc(F)cc(F)c1)c1ncccc1C(=O)O.COC(=O)c1cc(Oc2ccc(Cl)cc2Cl)ccc1[N+](=O)[O-].O=C(O)CNCP(=O)(O)O. The van der Waals surface area contributed by atoms with Crippen molar-refractivity contribution in [3.8, 4) is 11.5 Å². The van der Waals surface area contributed by atoms with Crippen LogP contribution in [-0.4, -0.2) is 79.5 Å². The zero-order chi connectivity index (χ0) is 42.2. The van der Waals surface area contributed by atoms with E-state index in [9.17, 15) is 42.6 Å². The first-order valence-corrected chi connectivity index (χ1v) is 17.5. The van der Waals surface area contributed by atoms with E-state index < -0.39 is 60.9 Å². The number of nitrogens with zero attached hydrogens (tertiary/aromatic N) is 3. The molecule has 0 bridgehead atoms. The van der Waals surface area contributed by atoms with E-state index in [1.165, 1.54) is 43.5 Å². The summed E-state index contributed by atoms with van der Waals surface area (Å²) in [6.07, 6.45) is 0.787. The largest absolute Gasteiger partial charge is 0.480 e. The number of carboxylic acids is 2. The second kappa shape index (κ2) is 21.7. The molecule has 0 saturated carbocycles. The first-order chi connectivity index (χ1) is 26.2. The number of pyridine rings is 1. The molecule has 0 unspecified atom stereocenters. The van der Waals surface area contributed by atoms with Gasteiger partial charge < -0.3 is 34.8 Å². The highest BCUT2D eigenvalue weighted by molar-refractivity contribution is 7.51. The molecular formula is C32H29Cl2F2N6O13P. The van der Waals surface area contributed by atoms with Crippen LogP contribution in [0, 0.1) is 21.7 Å². The Labute approximate surface area is 324 Å². The maximum Gasteiger partial charge on any atom is 0.345 e. The number of carbonyl (C=O) groups excluding carboxylic acids is 2. The monoisotopic (exact) mass is 844 g/mol. The fourth-order valence-corrected chi connectivity index (χ4v) is 4.69. The van der Waals surface area contributed by atoms with Gasteiger partial charge in [0.15, 0.2) is 0 Å². The van der Waals surface area contributed by atoms with Crippen LogP contribution in [0.4, 0.5) is 25.0 Å². The van der Waals surface area contributed by atoms with E-state index in [-0.39, 0.29) is 44.7 Å². The number of urea groups is 1. The van der Waals surface area contributed by atoms with Crippen LogP contribution in [0.5, 0.6) is 11.5 Å². The maximum atomic E-state index is 13.0. The molecule has 4 aromatic rings. The molecule has 0 saturated heterocycles. The minimum absolute atomic E-state index is 0.0758. The van der Waals surface area contributed by atoms with Crippen molar-refractivity contribution in [3.05, 3.63) is 122 Å². The number of ether oxygens (including phenoxy) is 2. The summed E-state index contributed by atoms with van der Waals surface area (Å²) < 4.78 is 46.2. The van der Waals surface area contributed by atoms with E-state index in [0.29, 0.717) is 16.8 Å². The lowest BCUT2D eigenvalue weighted by Crippen LogP contribution is -2.26. The third kappa shape index (κ3) is 16.1. The molecule has 298 valence electrons. The predicted molar refractivity (Wildman–Crippen MR) is 195 cm³/mol. The lowest BCUT2D eigenvalue weighted by molar-refractivity contribution is -0.385. The zero-order valence-electron chi connectivity index (χ0n) is 28.6. The summed E-state index contributed by atoms with van der Waals surface area (Å²) in [6, 6.07) is 12.8. The molecule has 1 heterocycles. The molecule has 2 amide bonds.